The first-order chi connectivity index (χ1) is 14.2. The fraction of sp³-hybridized carbons (Fsp3) is 0.500. The van der Waals surface area contributed by atoms with Crippen molar-refractivity contribution in [3.8, 4) is 11.1 Å². The molecule has 0 amide bonds. The highest BCUT2D eigenvalue weighted by atomic mass is 19.1. The van der Waals surface area contributed by atoms with E-state index in [2.05, 4.69) is 28.0 Å². The second kappa shape index (κ2) is 7.77. The predicted octanol–water partition coefficient (Wildman–Crippen LogP) is 6.20. The van der Waals surface area contributed by atoms with Crippen LogP contribution in [0, 0.1) is 17.7 Å². The number of rotatable bonds is 6. The van der Waals surface area contributed by atoms with Crippen molar-refractivity contribution >= 4 is 17.0 Å². The first kappa shape index (κ1) is 18.6. The van der Waals surface area contributed by atoms with Gasteiger partial charge in [0.15, 0.2) is 0 Å². The van der Waals surface area contributed by atoms with Gasteiger partial charge in [0, 0.05) is 35.9 Å². The maximum Gasteiger partial charge on any atom is 0.224 e. The molecule has 0 radical (unpaired) electrons. The molecule has 4 nitrogen and oxygen atoms in total. The van der Waals surface area contributed by atoms with Crippen molar-refractivity contribution in [1.82, 2.24) is 14.5 Å². The molecule has 2 aromatic heterocycles. The molecule has 29 heavy (non-hydrogen) atoms. The third-order valence-corrected chi connectivity index (χ3v) is 6.64. The molecule has 0 unspecified atom stereocenters. The van der Waals surface area contributed by atoms with Crippen LogP contribution in [0.1, 0.15) is 57.9 Å². The summed E-state index contributed by atoms with van der Waals surface area (Å²) in [5, 5.41) is 4.46. The first-order valence-electron chi connectivity index (χ1n) is 11.0. The first-order valence-corrected chi connectivity index (χ1v) is 11.0. The molecule has 2 aliphatic carbocycles. The van der Waals surface area contributed by atoms with Gasteiger partial charge in [0.05, 0.1) is 0 Å². The fourth-order valence-corrected chi connectivity index (χ4v) is 4.57. The number of fused-ring (bicyclic) bond motifs is 1. The van der Waals surface area contributed by atoms with Gasteiger partial charge in [-0.05, 0) is 61.6 Å². The third-order valence-electron chi connectivity index (χ3n) is 6.64. The molecule has 0 spiro atoms. The molecule has 0 bridgehead atoms. The fourth-order valence-electron chi connectivity index (χ4n) is 4.57. The molecular weight excluding hydrogens is 363 g/mol. The summed E-state index contributed by atoms with van der Waals surface area (Å²) in [6, 6.07) is 7.21. The van der Waals surface area contributed by atoms with Gasteiger partial charge in [-0.25, -0.2) is 9.37 Å². The maximum absolute atomic E-state index is 13.4. The highest BCUT2D eigenvalue weighted by Crippen LogP contribution is 2.38. The summed E-state index contributed by atoms with van der Waals surface area (Å²) >= 11 is 0. The molecule has 0 aliphatic heterocycles. The van der Waals surface area contributed by atoms with Gasteiger partial charge in [0.2, 0.25) is 5.95 Å². The molecule has 0 atom stereocenters. The number of halogens is 1. The summed E-state index contributed by atoms with van der Waals surface area (Å²) in [7, 11) is 0. The Kier molecular flexibility index (Phi) is 4.98. The van der Waals surface area contributed by atoms with Crippen molar-refractivity contribution < 1.29 is 4.39 Å². The van der Waals surface area contributed by atoms with Crippen LogP contribution in [0.25, 0.3) is 22.2 Å². The molecule has 2 aliphatic rings. The highest BCUT2D eigenvalue weighted by molar-refractivity contribution is 5.94. The van der Waals surface area contributed by atoms with E-state index in [1.54, 1.807) is 0 Å². The van der Waals surface area contributed by atoms with Crippen LogP contribution in [0.4, 0.5) is 10.3 Å². The van der Waals surface area contributed by atoms with Crippen molar-refractivity contribution in [2.75, 3.05) is 11.9 Å². The summed E-state index contributed by atoms with van der Waals surface area (Å²) < 4.78 is 15.8. The van der Waals surface area contributed by atoms with Gasteiger partial charge in [-0.2, -0.15) is 4.98 Å². The standard InChI is InChI=1S/C24H29FN4/c1-16-2-10-20(11-3-16)29-15-22(18-6-8-19(25)9-7-18)21-14-27-24(28-23(21)29)26-13-12-17-4-5-17/h6-9,14-17,20H,2-5,10-13H2,1H3,(H,26,27,28). The van der Waals surface area contributed by atoms with E-state index in [1.165, 1.54) is 57.1 Å². The van der Waals surface area contributed by atoms with E-state index < -0.39 is 0 Å². The monoisotopic (exact) mass is 392 g/mol. The van der Waals surface area contributed by atoms with Gasteiger partial charge < -0.3 is 9.88 Å². The summed E-state index contributed by atoms with van der Waals surface area (Å²) in [6.45, 7) is 3.28. The molecule has 1 N–H and O–H groups in total. The molecule has 3 aromatic rings. The van der Waals surface area contributed by atoms with Gasteiger partial charge in [-0.15, -0.1) is 0 Å². The van der Waals surface area contributed by atoms with E-state index in [1.807, 2.05) is 18.3 Å². The van der Waals surface area contributed by atoms with Crippen LogP contribution in [-0.2, 0) is 0 Å². The highest BCUT2D eigenvalue weighted by Gasteiger charge is 2.24. The van der Waals surface area contributed by atoms with Gasteiger partial charge in [-0.3, -0.25) is 0 Å². The number of benzene rings is 1. The van der Waals surface area contributed by atoms with E-state index >= 15 is 0 Å². The lowest BCUT2D eigenvalue weighted by atomic mass is 9.87. The zero-order chi connectivity index (χ0) is 19.8. The van der Waals surface area contributed by atoms with Crippen LogP contribution < -0.4 is 5.32 Å². The minimum absolute atomic E-state index is 0.211. The Morgan fingerprint density at radius 2 is 1.83 bits per heavy atom. The second-order valence-corrected chi connectivity index (χ2v) is 8.96. The van der Waals surface area contributed by atoms with Crippen LogP contribution in [0.5, 0.6) is 0 Å². The minimum atomic E-state index is -0.211. The van der Waals surface area contributed by atoms with Gasteiger partial charge >= 0.3 is 0 Å². The van der Waals surface area contributed by atoms with Gasteiger partial charge in [0.25, 0.3) is 0 Å². The Balaban J connectivity index is 1.51. The molecule has 2 heterocycles. The van der Waals surface area contributed by atoms with Crippen LogP contribution in [0.15, 0.2) is 36.7 Å². The molecule has 2 saturated carbocycles. The minimum Gasteiger partial charge on any atom is -0.354 e. The summed E-state index contributed by atoms with van der Waals surface area (Å²) in [5.41, 5.74) is 3.09. The van der Waals surface area contributed by atoms with E-state index in [9.17, 15) is 4.39 Å². The predicted molar refractivity (Wildman–Crippen MR) is 115 cm³/mol. The van der Waals surface area contributed by atoms with Crippen molar-refractivity contribution in [3.05, 3.63) is 42.5 Å². The van der Waals surface area contributed by atoms with Gasteiger partial charge in [0.1, 0.15) is 11.5 Å². The average Bonchev–Trinajstić information content (AvgIpc) is 3.48. The Hall–Kier alpha value is -2.43. The SMILES string of the molecule is CC1CCC(n2cc(-c3ccc(F)cc3)c3cnc(NCCC4CC4)nc32)CC1. The molecule has 5 rings (SSSR count). The van der Waals surface area contributed by atoms with Crippen molar-refractivity contribution in [2.24, 2.45) is 11.8 Å². The van der Waals surface area contributed by atoms with Crippen LogP contribution in [0.2, 0.25) is 0 Å². The average molecular weight is 393 g/mol. The maximum atomic E-state index is 13.4. The Bertz CT molecular complexity index is 982. The van der Waals surface area contributed by atoms with E-state index in [4.69, 9.17) is 4.98 Å². The molecule has 152 valence electrons. The molecule has 5 heteroatoms. The quantitative estimate of drug-likeness (QED) is 0.543. The van der Waals surface area contributed by atoms with Crippen LogP contribution in [-0.4, -0.2) is 21.1 Å². The number of anilines is 1. The van der Waals surface area contributed by atoms with E-state index in [0.717, 1.165) is 40.5 Å². The normalized spacial score (nSPS) is 22.1. The van der Waals surface area contributed by atoms with Crippen molar-refractivity contribution in [1.29, 1.82) is 0 Å². The zero-order valence-electron chi connectivity index (χ0n) is 17.1. The lowest BCUT2D eigenvalue weighted by Crippen LogP contribution is -2.16. The lowest BCUT2D eigenvalue weighted by Gasteiger charge is -2.27. The largest absolute Gasteiger partial charge is 0.354 e. The van der Waals surface area contributed by atoms with Crippen LogP contribution >= 0.6 is 0 Å². The van der Waals surface area contributed by atoms with Crippen molar-refractivity contribution in [2.45, 2.75) is 57.9 Å². The van der Waals surface area contributed by atoms with E-state index in [-0.39, 0.29) is 5.82 Å². The molecular formula is C24H29FN4. The summed E-state index contributed by atoms with van der Waals surface area (Å²) in [6.07, 6.45) is 13.0. The smallest absolute Gasteiger partial charge is 0.224 e. The number of nitrogens with one attached hydrogen (secondary N) is 1. The molecule has 2 fully saturated rings. The Morgan fingerprint density at radius 3 is 2.55 bits per heavy atom. The number of nitrogens with zero attached hydrogens (tertiary/aromatic N) is 3. The topological polar surface area (TPSA) is 42.7 Å². The van der Waals surface area contributed by atoms with Gasteiger partial charge in [-0.1, -0.05) is 31.9 Å². The Labute approximate surface area is 171 Å². The number of aromatic nitrogens is 3. The zero-order valence-corrected chi connectivity index (χ0v) is 17.1. The molecule has 1 aromatic carbocycles. The molecule has 0 saturated heterocycles. The summed E-state index contributed by atoms with van der Waals surface area (Å²) in [5.74, 6) is 2.20. The number of hydrogen-bond acceptors (Lipinski definition) is 3. The Morgan fingerprint density at radius 1 is 1.07 bits per heavy atom. The number of hydrogen-bond donors (Lipinski definition) is 1. The van der Waals surface area contributed by atoms with E-state index in [0.29, 0.717) is 12.0 Å². The summed E-state index contributed by atoms with van der Waals surface area (Å²) in [4.78, 5) is 9.51. The third kappa shape index (κ3) is 4.00. The second-order valence-electron chi connectivity index (χ2n) is 8.96. The lowest BCUT2D eigenvalue weighted by molar-refractivity contribution is 0.294. The van der Waals surface area contributed by atoms with Crippen molar-refractivity contribution in [3.63, 3.8) is 0 Å². The van der Waals surface area contributed by atoms with Crippen LogP contribution in [0.3, 0.4) is 0 Å².